The molecule has 2 heterocycles. The van der Waals surface area contributed by atoms with E-state index in [0.29, 0.717) is 38.8 Å². The van der Waals surface area contributed by atoms with Crippen LogP contribution in [0.5, 0.6) is 11.6 Å². The molecule has 0 aliphatic heterocycles. The Morgan fingerprint density at radius 1 is 0.969 bits per heavy atom. The Morgan fingerprint density at radius 3 is 2.56 bits per heavy atom. The number of amides is 1. The fourth-order valence-electron chi connectivity index (χ4n) is 3.63. The van der Waals surface area contributed by atoms with Gasteiger partial charge in [-0.1, -0.05) is 48.5 Å². The number of aromatic hydroxyl groups is 1. The number of H-pyrrole nitrogens is 1. The van der Waals surface area contributed by atoms with E-state index in [1.165, 1.54) is 0 Å². The molecule has 0 spiro atoms. The van der Waals surface area contributed by atoms with Gasteiger partial charge in [0.2, 0.25) is 5.88 Å². The molecule has 0 aliphatic carbocycles. The van der Waals surface area contributed by atoms with Crippen molar-refractivity contribution >= 4 is 33.4 Å². The fraction of sp³-hybridized carbons (Fsp3) is 0.0400. The highest BCUT2D eigenvalue weighted by Crippen LogP contribution is 2.37. The van der Waals surface area contributed by atoms with E-state index in [1.807, 2.05) is 54.6 Å². The van der Waals surface area contributed by atoms with E-state index in [4.69, 9.17) is 4.74 Å². The summed E-state index contributed by atoms with van der Waals surface area (Å²) in [5.74, 6) is -0.0984. The molecule has 0 saturated heterocycles. The summed E-state index contributed by atoms with van der Waals surface area (Å²) in [6, 6.07) is 24.0. The van der Waals surface area contributed by atoms with Crippen molar-refractivity contribution in [1.82, 2.24) is 9.97 Å². The molecular formula is C25H18N4O3. The summed E-state index contributed by atoms with van der Waals surface area (Å²) in [6.07, 6.45) is 0. The lowest BCUT2D eigenvalue weighted by atomic mass is 10.0. The highest BCUT2D eigenvalue weighted by atomic mass is 16.5. The number of benzene rings is 3. The third kappa shape index (κ3) is 3.45. The monoisotopic (exact) mass is 422 g/mol. The van der Waals surface area contributed by atoms with Crippen LogP contribution in [0.15, 0.2) is 89.1 Å². The number of fused-ring (bicyclic) bond motifs is 2. The first kappa shape index (κ1) is 19.4. The molecule has 0 saturated carbocycles. The number of aromatic nitrogens is 2. The second-order valence-corrected chi connectivity index (χ2v) is 7.18. The molecule has 0 fully saturated rings. The lowest BCUT2D eigenvalue weighted by Gasteiger charge is -2.07. The molecule has 0 unspecified atom stereocenters. The van der Waals surface area contributed by atoms with Crippen LogP contribution in [0.4, 0.5) is 5.69 Å². The number of para-hydroxylation sites is 1. The third-order valence-corrected chi connectivity index (χ3v) is 5.22. The number of hydrogen-bond donors (Lipinski definition) is 2. The van der Waals surface area contributed by atoms with Gasteiger partial charge >= 0.3 is 0 Å². The summed E-state index contributed by atoms with van der Waals surface area (Å²) in [5, 5.41) is 19.6. The molecule has 3 aromatic carbocycles. The topological polar surface area (TPSA) is 99.9 Å². The van der Waals surface area contributed by atoms with Crippen LogP contribution in [0.1, 0.15) is 10.4 Å². The Bertz CT molecular complexity index is 1490. The lowest BCUT2D eigenvalue weighted by molar-refractivity contribution is 0.0996. The molecular weight excluding hydrogens is 404 g/mol. The van der Waals surface area contributed by atoms with Crippen molar-refractivity contribution in [2.24, 2.45) is 10.2 Å². The Labute approximate surface area is 183 Å². The Kier molecular flexibility index (Phi) is 4.84. The van der Waals surface area contributed by atoms with Crippen LogP contribution < -0.4 is 4.74 Å². The standard InChI is InChI=1S/C25H18N4O3/c1-32-16-11-12-21-19(13-16)23(25(31)27-21)28-29-24(30)18-14-22(15-7-3-2-4-8-15)26-20-10-6-5-9-17(18)20/h2-14,27,31H,1H3. The molecule has 1 amide bonds. The number of hydrogen-bond acceptors (Lipinski definition) is 5. The molecule has 7 heteroatoms. The van der Waals surface area contributed by atoms with E-state index >= 15 is 0 Å². The number of methoxy groups -OCH3 is 1. The van der Waals surface area contributed by atoms with Crippen molar-refractivity contribution in [3.05, 3.63) is 84.4 Å². The van der Waals surface area contributed by atoms with Gasteiger partial charge in [0.1, 0.15) is 5.75 Å². The maximum atomic E-state index is 13.1. The Balaban J connectivity index is 1.59. The summed E-state index contributed by atoms with van der Waals surface area (Å²) in [5.41, 5.74) is 3.47. The van der Waals surface area contributed by atoms with Crippen LogP contribution in [0.25, 0.3) is 33.1 Å². The number of nitrogens with zero attached hydrogens (tertiary/aromatic N) is 3. The molecule has 156 valence electrons. The number of azo groups is 1. The van der Waals surface area contributed by atoms with Gasteiger partial charge in [-0.05, 0) is 30.3 Å². The number of rotatable bonds is 4. The average molecular weight is 422 g/mol. The van der Waals surface area contributed by atoms with Crippen LogP contribution >= 0.6 is 0 Å². The van der Waals surface area contributed by atoms with E-state index in [-0.39, 0.29) is 11.6 Å². The van der Waals surface area contributed by atoms with Crippen molar-refractivity contribution in [1.29, 1.82) is 0 Å². The molecule has 2 N–H and O–H groups in total. The number of aromatic amines is 1. The molecule has 5 aromatic rings. The maximum Gasteiger partial charge on any atom is 0.296 e. The van der Waals surface area contributed by atoms with Crippen molar-refractivity contribution < 1.29 is 14.6 Å². The third-order valence-electron chi connectivity index (χ3n) is 5.22. The quantitative estimate of drug-likeness (QED) is 0.346. The number of carbonyl (C=O) groups is 1. The van der Waals surface area contributed by atoms with Gasteiger partial charge in [-0.3, -0.25) is 4.79 Å². The summed E-state index contributed by atoms with van der Waals surface area (Å²) in [7, 11) is 1.55. The molecule has 0 aliphatic rings. The predicted octanol–water partition coefficient (Wildman–Crippen LogP) is 6.02. The first-order chi connectivity index (χ1) is 15.6. The van der Waals surface area contributed by atoms with Crippen molar-refractivity contribution in [2.75, 3.05) is 7.11 Å². The van der Waals surface area contributed by atoms with Gasteiger partial charge in [0.15, 0.2) is 5.69 Å². The molecule has 0 atom stereocenters. The summed E-state index contributed by atoms with van der Waals surface area (Å²) >= 11 is 0. The average Bonchev–Trinajstić information content (AvgIpc) is 3.16. The molecule has 0 radical (unpaired) electrons. The van der Waals surface area contributed by atoms with Gasteiger partial charge in [-0.25, -0.2) is 4.98 Å². The molecule has 2 aromatic heterocycles. The number of ether oxygens (including phenoxy) is 1. The second-order valence-electron chi connectivity index (χ2n) is 7.18. The van der Waals surface area contributed by atoms with E-state index in [2.05, 4.69) is 20.2 Å². The molecule has 0 bridgehead atoms. The lowest BCUT2D eigenvalue weighted by Crippen LogP contribution is -1.98. The van der Waals surface area contributed by atoms with E-state index in [0.717, 1.165) is 5.56 Å². The normalized spacial score (nSPS) is 11.4. The van der Waals surface area contributed by atoms with E-state index in [1.54, 1.807) is 31.4 Å². The number of carbonyl (C=O) groups excluding carboxylic acids is 1. The van der Waals surface area contributed by atoms with Crippen LogP contribution in [-0.4, -0.2) is 28.1 Å². The minimum absolute atomic E-state index is 0.172. The minimum atomic E-state index is -0.530. The van der Waals surface area contributed by atoms with Gasteiger partial charge in [0.05, 0.1) is 29.4 Å². The highest BCUT2D eigenvalue weighted by molar-refractivity contribution is 6.07. The van der Waals surface area contributed by atoms with Gasteiger partial charge in [-0.2, -0.15) is 0 Å². The van der Waals surface area contributed by atoms with Gasteiger partial charge < -0.3 is 14.8 Å². The highest BCUT2D eigenvalue weighted by Gasteiger charge is 2.16. The van der Waals surface area contributed by atoms with Crippen LogP contribution in [0.3, 0.4) is 0 Å². The van der Waals surface area contributed by atoms with Crippen molar-refractivity contribution in [2.45, 2.75) is 0 Å². The maximum absolute atomic E-state index is 13.1. The first-order valence-electron chi connectivity index (χ1n) is 9.94. The molecule has 7 nitrogen and oxygen atoms in total. The molecule has 5 rings (SSSR count). The zero-order valence-electron chi connectivity index (χ0n) is 17.1. The summed E-state index contributed by atoms with van der Waals surface area (Å²) in [6.45, 7) is 0. The summed E-state index contributed by atoms with van der Waals surface area (Å²) in [4.78, 5) is 20.6. The van der Waals surface area contributed by atoms with Gasteiger partial charge in [0.25, 0.3) is 5.91 Å². The van der Waals surface area contributed by atoms with Crippen LogP contribution in [0.2, 0.25) is 0 Å². The van der Waals surface area contributed by atoms with Gasteiger partial charge in [0, 0.05) is 16.3 Å². The largest absolute Gasteiger partial charge is 0.497 e. The van der Waals surface area contributed by atoms with Crippen molar-refractivity contribution in [3.63, 3.8) is 0 Å². The van der Waals surface area contributed by atoms with Crippen molar-refractivity contribution in [3.8, 4) is 22.9 Å². The zero-order chi connectivity index (χ0) is 22.1. The summed E-state index contributed by atoms with van der Waals surface area (Å²) < 4.78 is 5.24. The minimum Gasteiger partial charge on any atom is -0.497 e. The predicted molar refractivity (Wildman–Crippen MR) is 123 cm³/mol. The van der Waals surface area contributed by atoms with Crippen LogP contribution in [-0.2, 0) is 0 Å². The second kappa shape index (κ2) is 7.96. The Morgan fingerprint density at radius 2 is 1.75 bits per heavy atom. The van der Waals surface area contributed by atoms with Gasteiger partial charge in [-0.15, -0.1) is 10.2 Å². The Hall–Kier alpha value is -4.52. The van der Waals surface area contributed by atoms with E-state index in [9.17, 15) is 9.90 Å². The number of nitrogens with one attached hydrogen (secondary N) is 1. The smallest absolute Gasteiger partial charge is 0.296 e. The number of pyridine rings is 1. The first-order valence-corrected chi connectivity index (χ1v) is 9.94. The fourth-order valence-corrected chi connectivity index (χ4v) is 3.63. The molecule has 32 heavy (non-hydrogen) atoms. The van der Waals surface area contributed by atoms with Crippen LogP contribution in [0, 0.1) is 0 Å². The van der Waals surface area contributed by atoms with E-state index < -0.39 is 5.91 Å². The SMILES string of the molecule is COc1ccc2[nH]c(O)c(N=NC(=O)c3cc(-c4ccccc4)nc4ccccc34)c2c1. The zero-order valence-corrected chi connectivity index (χ0v) is 17.1.